The summed E-state index contributed by atoms with van der Waals surface area (Å²) in [6, 6.07) is 5.45. The fraction of sp³-hybridized carbons (Fsp3) is 0.400. The second kappa shape index (κ2) is 9.69. The third-order valence-corrected chi connectivity index (χ3v) is 6.60. The molecule has 1 fully saturated rings. The molecule has 0 aromatic carbocycles. The number of carbonyl (C=O) groups is 1. The van der Waals surface area contributed by atoms with Crippen molar-refractivity contribution < 1.29 is 9.53 Å². The monoisotopic (exact) mass is 502 g/mol. The molecule has 0 aliphatic heterocycles. The highest BCUT2D eigenvalue weighted by Gasteiger charge is 2.52. The minimum atomic E-state index is -0.938. The first-order valence-electron chi connectivity index (χ1n) is 12.1. The van der Waals surface area contributed by atoms with E-state index in [0.29, 0.717) is 36.3 Å². The topological polar surface area (TPSA) is 148 Å². The molecule has 0 radical (unpaired) electrons. The number of aromatic nitrogens is 8. The maximum atomic E-state index is 13.3. The largest absolute Gasteiger partial charge is 0.368 e. The fourth-order valence-electron chi connectivity index (χ4n) is 4.44. The van der Waals surface area contributed by atoms with Gasteiger partial charge in [0.2, 0.25) is 5.95 Å². The van der Waals surface area contributed by atoms with E-state index in [2.05, 4.69) is 45.9 Å². The van der Waals surface area contributed by atoms with Gasteiger partial charge in [-0.15, -0.1) is 0 Å². The Bertz CT molecular complexity index is 1410. The van der Waals surface area contributed by atoms with E-state index in [0.717, 1.165) is 22.6 Å². The van der Waals surface area contributed by atoms with Crippen molar-refractivity contribution in [2.45, 2.75) is 58.1 Å². The van der Waals surface area contributed by atoms with E-state index >= 15 is 0 Å². The van der Waals surface area contributed by atoms with Crippen molar-refractivity contribution in [1.29, 1.82) is 0 Å². The zero-order valence-corrected chi connectivity index (χ0v) is 21.5. The number of amides is 1. The van der Waals surface area contributed by atoms with Gasteiger partial charge in [0, 0.05) is 37.2 Å². The minimum Gasteiger partial charge on any atom is -0.368 e. The third kappa shape index (κ3) is 5.05. The molecule has 12 heteroatoms. The molecule has 4 heterocycles. The number of carbonyl (C=O) groups excluding carboxylic acids is 1. The minimum absolute atomic E-state index is 0.0253. The number of methoxy groups -OCH3 is 1. The predicted molar refractivity (Wildman–Crippen MR) is 136 cm³/mol. The summed E-state index contributed by atoms with van der Waals surface area (Å²) in [7, 11) is 1.56. The lowest BCUT2D eigenvalue weighted by atomic mass is 9.69. The summed E-state index contributed by atoms with van der Waals surface area (Å²) in [5.74, 6) is 2.80. The van der Waals surface area contributed by atoms with Gasteiger partial charge in [-0.1, -0.05) is 6.07 Å². The van der Waals surface area contributed by atoms with Gasteiger partial charge in [-0.3, -0.25) is 9.89 Å². The van der Waals surface area contributed by atoms with Gasteiger partial charge >= 0.3 is 0 Å². The number of nitrogens with zero attached hydrogens (tertiary/aromatic N) is 7. The van der Waals surface area contributed by atoms with Gasteiger partial charge in [-0.25, -0.2) is 14.6 Å². The molecule has 192 valence electrons. The molecule has 3 N–H and O–H groups in total. The van der Waals surface area contributed by atoms with Gasteiger partial charge in [0.05, 0.1) is 12.2 Å². The molecule has 0 unspecified atom stereocenters. The quantitative estimate of drug-likeness (QED) is 0.330. The molecule has 4 aromatic rings. The maximum absolute atomic E-state index is 13.3. The van der Waals surface area contributed by atoms with Crippen LogP contribution in [0.3, 0.4) is 0 Å². The van der Waals surface area contributed by atoms with Crippen molar-refractivity contribution >= 4 is 17.7 Å². The number of hydrogen-bond donors (Lipinski definition) is 3. The number of anilines is 2. The van der Waals surface area contributed by atoms with Crippen LogP contribution in [0.1, 0.15) is 60.2 Å². The molecule has 37 heavy (non-hydrogen) atoms. The summed E-state index contributed by atoms with van der Waals surface area (Å²) in [4.78, 5) is 31.2. The highest BCUT2D eigenvalue weighted by Crippen LogP contribution is 2.46. The number of hydrogen-bond acceptors (Lipinski definition) is 9. The summed E-state index contributed by atoms with van der Waals surface area (Å²) in [6.07, 6.45) is 6.39. The first kappa shape index (κ1) is 24.5. The van der Waals surface area contributed by atoms with E-state index in [9.17, 15) is 4.79 Å². The molecule has 0 bridgehead atoms. The summed E-state index contributed by atoms with van der Waals surface area (Å²) < 4.78 is 7.44. The number of aromatic amines is 1. The van der Waals surface area contributed by atoms with E-state index in [-0.39, 0.29) is 17.9 Å². The van der Waals surface area contributed by atoms with E-state index in [1.807, 2.05) is 52.1 Å². The molecule has 1 amide bonds. The Morgan fingerprint density at radius 3 is 2.62 bits per heavy atom. The van der Waals surface area contributed by atoms with Crippen molar-refractivity contribution in [3.8, 4) is 5.82 Å². The Balaban J connectivity index is 1.23. The molecule has 0 spiro atoms. The van der Waals surface area contributed by atoms with Crippen molar-refractivity contribution in [3.05, 3.63) is 65.3 Å². The number of pyridine rings is 1. The maximum Gasteiger partial charge on any atom is 0.252 e. The SMILES string of the molecule is COC1(C(=O)N[C@@H](C)c2ccc(-n3cc(C)cn3)nc2)CC(c2nc(C)nc(Nc3cc(C)[nH]n3)n2)C1. The molecular weight excluding hydrogens is 472 g/mol. The zero-order valence-electron chi connectivity index (χ0n) is 21.5. The fourth-order valence-corrected chi connectivity index (χ4v) is 4.44. The Morgan fingerprint density at radius 1 is 1.19 bits per heavy atom. The Labute approximate surface area is 214 Å². The molecular formula is C25H30N10O2. The first-order valence-corrected chi connectivity index (χ1v) is 12.1. The van der Waals surface area contributed by atoms with Gasteiger partial charge in [-0.2, -0.15) is 20.2 Å². The number of aryl methyl sites for hydroxylation is 3. The van der Waals surface area contributed by atoms with Crippen molar-refractivity contribution in [1.82, 2.24) is 45.2 Å². The van der Waals surface area contributed by atoms with E-state index in [4.69, 9.17) is 4.74 Å². The predicted octanol–water partition coefficient (Wildman–Crippen LogP) is 2.98. The number of nitrogens with one attached hydrogen (secondary N) is 3. The highest BCUT2D eigenvalue weighted by molar-refractivity contribution is 5.87. The zero-order chi connectivity index (χ0) is 26.2. The normalized spacial score (nSPS) is 19.8. The summed E-state index contributed by atoms with van der Waals surface area (Å²) in [6.45, 7) is 7.64. The summed E-state index contributed by atoms with van der Waals surface area (Å²) >= 11 is 0. The third-order valence-electron chi connectivity index (χ3n) is 6.60. The Kier molecular flexibility index (Phi) is 6.42. The van der Waals surface area contributed by atoms with Crippen molar-refractivity contribution in [2.24, 2.45) is 0 Å². The number of rotatable bonds is 8. The lowest BCUT2D eigenvalue weighted by molar-refractivity contribution is -0.158. The summed E-state index contributed by atoms with van der Waals surface area (Å²) in [5, 5.41) is 17.5. The first-order chi connectivity index (χ1) is 17.7. The molecule has 0 saturated heterocycles. The van der Waals surface area contributed by atoms with Crippen LogP contribution in [0.5, 0.6) is 0 Å². The van der Waals surface area contributed by atoms with Crippen LogP contribution in [0, 0.1) is 20.8 Å². The smallest absolute Gasteiger partial charge is 0.252 e. The molecule has 1 aliphatic rings. The van der Waals surface area contributed by atoms with Gasteiger partial charge < -0.3 is 15.4 Å². The molecule has 1 atom stereocenters. The van der Waals surface area contributed by atoms with Gasteiger partial charge in [0.25, 0.3) is 5.91 Å². The van der Waals surface area contributed by atoms with Gasteiger partial charge in [0.1, 0.15) is 17.2 Å². The molecule has 5 rings (SSSR count). The molecule has 1 aliphatic carbocycles. The average molecular weight is 503 g/mol. The van der Waals surface area contributed by atoms with E-state index in [1.54, 1.807) is 24.2 Å². The van der Waals surface area contributed by atoms with Crippen molar-refractivity contribution in [2.75, 3.05) is 12.4 Å². The summed E-state index contributed by atoms with van der Waals surface area (Å²) in [5.41, 5.74) is 1.94. The molecule has 12 nitrogen and oxygen atoms in total. The van der Waals surface area contributed by atoms with Crippen LogP contribution >= 0.6 is 0 Å². The second-order valence-electron chi connectivity index (χ2n) is 9.54. The van der Waals surface area contributed by atoms with Crippen LogP contribution in [0.15, 0.2) is 36.8 Å². The van der Waals surface area contributed by atoms with Gasteiger partial charge in [0.15, 0.2) is 11.6 Å². The standard InChI is InChI=1S/C25H30N10O2/c1-14-11-27-35(13-14)21-7-6-18(12-26-21)16(3)28-23(36)25(37-5)9-19(10-25)22-29-17(4)30-24(32-22)31-20-8-15(2)33-34-20/h6-8,11-13,16,19H,9-10H2,1-5H3,(H,28,36)(H2,29,30,31,32,33,34)/t16-,19?,25?/m0/s1. The lowest BCUT2D eigenvalue weighted by Gasteiger charge is -2.44. The Hall–Kier alpha value is -4.19. The number of ether oxygens (including phenoxy) is 1. The van der Waals surface area contributed by atoms with Crippen LogP contribution in [-0.4, -0.2) is 58.5 Å². The van der Waals surface area contributed by atoms with E-state index in [1.165, 1.54) is 0 Å². The van der Waals surface area contributed by atoms with E-state index < -0.39 is 5.60 Å². The van der Waals surface area contributed by atoms with Crippen LogP contribution < -0.4 is 10.6 Å². The lowest BCUT2D eigenvalue weighted by Crippen LogP contribution is -2.56. The van der Waals surface area contributed by atoms with Crippen LogP contribution in [0.4, 0.5) is 11.8 Å². The van der Waals surface area contributed by atoms with Crippen LogP contribution in [0.25, 0.3) is 5.82 Å². The van der Waals surface area contributed by atoms with Crippen LogP contribution in [-0.2, 0) is 9.53 Å². The number of H-pyrrole nitrogens is 1. The van der Waals surface area contributed by atoms with Crippen LogP contribution in [0.2, 0.25) is 0 Å². The average Bonchev–Trinajstić information content (AvgIpc) is 3.46. The van der Waals surface area contributed by atoms with Gasteiger partial charge in [-0.05, 0) is 57.7 Å². The Morgan fingerprint density at radius 2 is 2.00 bits per heavy atom. The molecule has 4 aromatic heterocycles. The van der Waals surface area contributed by atoms with Crippen molar-refractivity contribution in [3.63, 3.8) is 0 Å². The second-order valence-corrected chi connectivity index (χ2v) is 9.54. The highest BCUT2D eigenvalue weighted by atomic mass is 16.5. The molecule has 1 saturated carbocycles.